The van der Waals surface area contributed by atoms with E-state index < -0.39 is 0 Å². The van der Waals surface area contributed by atoms with Gasteiger partial charge in [0.25, 0.3) is 0 Å². The third-order valence-electron chi connectivity index (χ3n) is 5.54. The number of piperidine rings is 1. The van der Waals surface area contributed by atoms with Crippen molar-refractivity contribution in [1.82, 2.24) is 29.9 Å². The number of hydrogen-bond donors (Lipinski definition) is 2. The molecule has 5 rings (SSSR count). The van der Waals surface area contributed by atoms with Crippen molar-refractivity contribution in [2.24, 2.45) is 5.73 Å². The molecule has 1 aliphatic rings. The summed E-state index contributed by atoms with van der Waals surface area (Å²) in [5.41, 5.74) is 10.1. The first-order valence-electron chi connectivity index (χ1n) is 10.2. The standard InChI is InChI=1S/C21H23ClN8/c1-2-30-11-13(9-25-30)17-8-15-18(10-24-17)27-28-20(15)21-16(22)5-6-19(26-21)29-7-3-4-14(23)12-29/h5-6,8-11,14H,2-4,7,12,23H2,1H3,(H,27,28). The van der Waals surface area contributed by atoms with Gasteiger partial charge in [0.1, 0.15) is 17.2 Å². The minimum Gasteiger partial charge on any atom is -0.355 e. The van der Waals surface area contributed by atoms with E-state index in [9.17, 15) is 0 Å². The maximum Gasteiger partial charge on any atom is 0.129 e. The molecule has 0 aliphatic carbocycles. The Bertz CT molecular complexity index is 1200. The fourth-order valence-electron chi connectivity index (χ4n) is 3.92. The number of pyridine rings is 2. The number of halogens is 1. The third-order valence-corrected chi connectivity index (χ3v) is 5.84. The zero-order valence-corrected chi connectivity index (χ0v) is 17.5. The van der Waals surface area contributed by atoms with Crippen LogP contribution in [0, 0.1) is 0 Å². The monoisotopic (exact) mass is 422 g/mol. The molecule has 1 unspecified atom stereocenters. The van der Waals surface area contributed by atoms with Crippen LogP contribution >= 0.6 is 11.6 Å². The Kier molecular flexibility index (Phi) is 4.88. The van der Waals surface area contributed by atoms with Crippen LogP contribution in [-0.2, 0) is 6.54 Å². The zero-order valence-electron chi connectivity index (χ0n) is 16.7. The van der Waals surface area contributed by atoms with Crippen molar-refractivity contribution in [3.05, 3.63) is 41.8 Å². The molecule has 0 spiro atoms. The van der Waals surface area contributed by atoms with Crippen LogP contribution in [0.15, 0.2) is 36.8 Å². The number of aromatic amines is 1. The van der Waals surface area contributed by atoms with Gasteiger partial charge < -0.3 is 10.6 Å². The van der Waals surface area contributed by atoms with Crippen LogP contribution in [-0.4, -0.2) is 49.1 Å². The minimum atomic E-state index is 0.170. The number of anilines is 1. The van der Waals surface area contributed by atoms with Gasteiger partial charge in [-0.1, -0.05) is 11.6 Å². The number of rotatable bonds is 4. The summed E-state index contributed by atoms with van der Waals surface area (Å²) in [6, 6.07) is 6.01. The first-order chi connectivity index (χ1) is 14.6. The molecule has 4 aromatic rings. The summed E-state index contributed by atoms with van der Waals surface area (Å²) in [5.74, 6) is 0.874. The Balaban J connectivity index is 1.57. The number of aryl methyl sites for hydroxylation is 1. The Labute approximate surface area is 179 Å². The van der Waals surface area contributed by atoms with Crippen LogP contribution < -0.4 is 10.6 Å². The summed E-state index contributed by atoms with van der Waals surface area (Å²) >= 11 is 6.55. The lowest BCUT2D eigenvalue weighted by atomic mass is 10.1. The number of nitrogens with zero attached hydrogens (tertiary/aromatic N) is 6. The van der Waals surface area contributed by atoms with Crippen LogP contribution in [0.2, 0.25) is 5.02 Å². The number of H-pyrrole nitrogens is 1. The van der Waals surface area contributed by atoms with Gasteiger partial charge in [0.2, 0.25) is 0 Å². The van der Waals surface area contributed by atoms with Gasteiger partial charge in [-0.05, 0) is 38.0 Å². The maximum atomic E-state index is 6.55. The topological polar surface area (TPSA) is 102 Å². The van der Waals surface area contributed by atoms with E-state index >= 15 is 0 Å². The summed E-state index contributed by atoms with van der Waals surface area (Å²) < 4.78 is 1.88. The molecule has 3 N–H and O–H groups in total. The lowest BCUT2D eigenvalue weighted by Gasteiger charge is -2.31. The number of aromatic nitrogens is 6. The second kappa shape index (κ2) is 7.70. The number of fused-ring (bicyclic) bond motifs is 1. The summed E-state index contributed by atoms with van der Waals surface area (Å²) in [5, 5.41) is 13.4. The SMILES string of the molecule is CCn1cc(-c2cc3c(-c4nc(N5CCCC(N)C5)ccc4Cl)n[nH]c3cn2)cn1. The summed E-state index contributed by atoms with van der Waals surface area (Å²) in [4.78, 5) is 11.6. The van der Waals surface area contributed by atoms with E-state index in [1.165, 1.54) is 0 Å². The van der Waals surface area contributed by atoms with Crippen LogP contribution in [0.1, 0.15) is 19.8 Å². The first kappa shape index (κ1) is 19.0. The van der Waals surface area contributed by atoms with Crippen molar-refractivity contribution in [2.45, 2.75) is 32.4 Å². The average molecular weight is 423 g/mol. The molecule has 1 saturated heterocycles. The van der Waals surface area contributed by atoms with Gasteiger partial charge in [-0.15, -0.1) is 0 Å². The second-order valence-corrected chi connectivity index (χ2v) is 8.03. The Morgan fingerprint density at radius 2 is 2.17 bits per heavy atom. The average Bonchev–Trinajstić information content (AvgIpc) is 3.41. The zero-order chi connectivity index (χ0) is 20.7. The van der Waals surface area contributed by atoms with Crippen LogP contribution in [0.3, 0.4) is 0 Å². The highest BCUT2D eigenvalue weighted by Crippen LogP contribution is 2.33. The molecule has 0 amide bonds. The highest BCUT2D eigenvalue weighted by atomic mass is 35.5. The van der Waals surface area contributed by atoms with Crippen LogP contribution in [0.25, 0.3) is 33.5 Å². The van der Waals surface area contributed by atoms with Crippen molar-refractivity contribution in [3.63, 3.8) is 0 Å². The molecule has 1 atom stereocenters. The van der Waals surface area contributed by atoms with E-state index in [4.69, 9.17) is 22.3 Å². The van der Waals surface area contributed by atoms with Gasteiger partial charge >= 0.3 is 0 Å². The van der Waals surface area contributed by atoms with E-state index in [0.717, 1.165) is 60.5 Å². The quantitative estimate of drug-likeness (QED) is 0.522. The summed E-state index contributed by atoms with van der Waals surface area (Å²) in [6.45, 7) is 4.60. The van der Waals surface area contributed by atoms with E-state index in [0.29, 0.717) is 16.4 Å². The molecule has 0 aromatic carbocycles. The predicted molar refractivity (Wildman–Crippen MR) is 118 cm³/mol. The van der Waals surface area contributed by atoms with Gasteiger partial charge in [-0.2, -0.15) is 10.2 Å². The largest absolute Gasteiger partial charge is 0.355 e. The highest BCUT2D eigenvalue weighted by molar-refractivity contribution is 6.33. The normalized spacial score (nSPS) is 17.0. The molecule has 1 aliphatic heterocycles. The van der Waals surface area contributed by atoms with Gasteiger partial charge in [0.05, 0.1) is 28.6 Å². The highest BCUT2D eigenvalue weighted by Gasteiger charge is 2.21. The smallest absolute Gasteiger partial charge is 0.129 e. The van der Waals surface area contributed by atoms with Gasteiger partial charge in [0.15, 0.2) is 0 Å². The lowest BCUT2D eigenvalue weighted by Crippen LogP contribution is -2.43. The van der Waals surface area contributed by atoms with E-state index in [1.54, 1.807) is 6.20 Å². The molecule has 1 fully saturated rings. The van der Waals surface area contributed by atoms with Crippen molar-refractivity contribution in [1.29, 1.82) is 0 Å². The van der Waals surface area contributed by atoms with Crippen LogP contribution in [0.5, 0.6) is 0 Å². The van der Waals surface area contributed by atoms with E-state index in [-0.39, 0.29) is 6.04 Å². The van der Waals surface area contributed by atoms with Crippen molar-refractivity contribution in [2.75, 3.05) is 18.0 Å². The Hall–Kier alpha value is -2.97. The molecular formula is C21H23ClN8. The van der Waals surface area contributed by atoms with Crippen molar-refractivity contribution in [3.8, 4) is 22.6 Å². The van der Waals surface area contributed by atoms with E-state index in [1.807, 2.05) is 35.3 Å². The van der Waals surface area contributed by atoms with E-state index in [2.05, 4.69) is 32.1 Å². The molecule has 0 saturated carbocycles. The van der Waals surface area contributed by atoms with Gasteiger partial charge in [0, 0.05) is 42.8 Å². The molecule has 8 nitrogen and oxygen atoms in total. The van der Waals surface area contributed by atoms with Crippen molar-refractivity contribution < 1.29 is 0 Å². The fraction of sp³-hybridized carbons (Fsp3) is 0.333. The summed E-state index contributed by atoms with van der Waals surface area (Å²) in [7, 11) is 0. The molecule has 4 aromatic heterocycles. The molecule has 30 heavy (non-hydrogen) atoms. The fourth-order valence-corrected chi connectivity index (χ4v) is 4.11. The Morgan fingerprint density at radius 3 is 2.97 bits per heavy atom. The van der Waals surface area contributed by atoms with Crippen molar-refractivity contribution >= 4 is 28.3 Å². The molecule has 5 heterocycles. The number of hydrogen-bond acceptors (Lipinski definition) is 6. The van der Waals surface area contributed by atoms with Gasteiger partial charge in [-0.3, -0.25) is 14.8 Å². The number of nitrogens with one attached hydrogen (secondary N) is 1. The maximum absolute atomic E-state index is 6.55. The van der Waals surface area contributed by atoms with Gasteiger partial charge in [-0.25, -0.2) is 4.98 Å². The molecule has 0 radical (unpaired) electrons. The first-order valence-corrected chi connectivity index (χ1v) is 10.5. The molecule has 0 bridgehead atoms. The second-order valence-electron chi connectivity index (χ2n) is 7.62. The molecule has 154 valence electrons. The third kappa shape index (κ3) is 3.42. The summed E-state index contributed by atoms with van der Waals surface area (Å²) in [6.07, 6.45) is 7.70. The number of nitrogens with two attached hydrogens (primary N) is 1. The Morgan fingerprint density at radius 1 is 1.27 bits per heavy atom. The molecule has 9 heteroatoms. The molecular weight excluding hydrogens is 400 g/mol. The minimum absolute atomic E-state index is 0.170. The van der Waals surface area contributed by atoms with Crippen LogP contribution in [0.4, 0.5) is 5.82 Å². The predicted octanol–water partition coefficient (Wildman–Crippen LogP) is 3.48. The lowest BCUT2D eigenvalue weighted by molar-refractivity contribution is 0.503.